The van der Waals surface area contributed by atoms with Gasteiger partial charge in [0.1, 0.15) is 5.60 Å². The van der Waals surface area contributed by atoms with Crippen LogP contribution in [0.4, 0.5) is 4.79 Å². The first kappa shape index (κ1) is 13.7. The van der Waals surface area contributed by atoms with Crippen LogP contribution in [-0.4, -0.2) is 41.8 Å². The van der Waals surface area contributed by atoms with E-state index in [0.29, 0.717) is 12.1 Å². The number of nitrogens with zero attached hydrogens (tertiary/aromatic N) is 1. The zero-order valence-electron chi connectivity index (χ0n) is 12.0. The molecule has 0 bridgehead atoms. The van der Waals surface area contributed by atoms with Crippen LogP contribution in [0.5, 0.6) is 0 Å². The molecule has 4 nitrogen and oxygen atoms in total. The summed E-state index contributed by atoms with van der Waals surface area (Å²) in [6.45, 7) is 9.53. The summed E-state index contributed by atoms with van der Waals surface area (Å²) in [5, 5.41) is 3.66. The summed E-state index contributed by atoms with van der Waals surface area (Å²) in [7, 11) is 0. The van der Waals surface area contributed by atoms with Crippen molar-refractivity contribution in [3.63, 3.8) is 0 Å². The lowest BCUT2D eigenvalue weighted by Crippen LogP contribution is -2.62. The Morgan fingerprint density at radius 3 is 2.44 bits per heavy atom. The lowest BCUT2D eigenvalue weighted by atomic mass is 10.0. The monoisotopic (exact) mass is 254 g/mol. The minimum atomic E-state index is -0.393. The number of ether oxygens (including phenoxy) is 1. The Labute approximate surface area is 110 Å². The second-order valence-corrected chi connectivity index (χ2v) is 6.60. The van der Waals surface area contributed by atoms with Crippen molar-refractivity contribution in [1.29, 1.82) is 0 Å². The van der Waals surface area contributed by atoms with Crippen molar-refractivity contribution in [2.75, 3.05) is 13.1 Å². The van der Waals surface area contributed by atoms with Crippen molar-refractivity contribution in [2.24, 2.45) is 5.92 Å². The van der Waals surface area contributed by atoms with Gasteiger partial charge in [-0.1, -0.05) is 6.92 Å². The third-order valence-electron chi connectivity index (χ3n) is 3.61. The van der Waals surface area contributed by atoms with Gasteiger partial charge in [0.15, 0.2) is 0 Å². The van der Waals surface area contributed by atoms with Gasteiger partial charge in [-0.25, -0.2) is 4.79 Å². The highest BCUT2D eigenvalue weighted by atomic mass is 16.6. The predicted octanol–water partition coefficient (Wildman–Crippen LogP) is 2.38. The van der Waals surface area contributed by atoms with E-state index in [1.165, 1.54) is 19.3 Å². The van der Waals surface area contributed by atoms with Crippen molar-refractivity contribution < 1.29 is 9.53 Å². The summed E-state index contributed by atoms with van der Waals surface area (Å²) in [5.41, 5.74) is -0.393. The van der Waals surface area contributed by atoms with Crippen molar-refractivity contribution in [3.05, 3.63) is 0 Å². The quantitative estimate of drug-likeness (QED) is 0.837. The van der Waals surface area contributed by atoms with Crippen molar-refractivity contribution in [3.8, 4) is 0 Å². The molecule has 1 amide bonds. The second kappa shape index (κ2) is 5.08. The molecule has 1 aliphatic heterocycles. The molecule has 1 unspecified atom stereocenters. The molecule has 1 heterocycles. The first-order valence-electron chi connectivity index (χ1n) is 7.13. The Morgan fingerprint density at radius 1 is 1.39 bits per heavy atom. The highest BCUT2D eigenvalue weighted by Crippen LogP contribution is 2.34. The number of rotatable bonds is 4. The minimum Gasteiger partial charge on any atom is -0.444 e. The molecule has 4 heteroatoms. The largest absolute Gasteiger partial charge is 0.444 e. The molecule has 18 heavy (non-hydrogen) atoms. The fraction of sp³-hybridized carbons (Fsp3) is 0.929. The summed E-state index contributed by atoms with van der Waals surface area (Å²) in [6.07, 6.45) is 3.75. The fourth-order valence-corrected chi connectivity index (χ4v) is 2.45. The molecule has 1 atom stereocenters. The van der Waals surface area contributed by atoms with Crippen molar-refractivity contribution in [2.45, 2.75) is 64.6 Å². The summed E-state index contributed by atoms with van der Waals surface area (Å²) < 4.78 is 5.34. The lowest BCUT2D eigenvalue weighted by molar-refractivity contribution is 0.00382. The van der Waals surface area contributed by atoms with Gasteiger partial charge in [-0.2, -0.15) is 0 Å². The highest BCUT2D eigenvalue weighted by molar-refractivity contribution is 5.69. The number of carbonyl (C=O) groups is 1. The van der Waals surface area contributed by atoms with E-state index in [-0.39, 0.29) is 6.09 Å². The fourth-order valence-electron chi connectivity index (χ4n) is 2.45. The molecule has 0 aromatic carbocycles. The Hall–Kier alpha value is -0.770. The topological polar surface area (TPSA) is 41.6 Å². The summed E-state index contributed by atoms with van der Waals surface area (Å²) >= 11 is 0. The zero-order valence-corrected chi connectivity index (χ0v) is 12.0. The van der Waals surface area contributed by atoms with Crippen LogP contribution >= 0.6 is 0 Å². The van der Waals surface area contributed by atoms with Gasteiger partial charge in [0, 0.05) is 25.2 Å². The average Bonchev–Trinajstić information content (AvgIpc) is 2.96. The maximum atomic E-state index is 11.8. The predicted molar refractivity (Wildman–Crippen MR) is 71.5 cm³/mol. The van der Waals surface area contributed by atoms with Crippen LogP contribution < -0.4 is 5.32 Å². The van der Waals surface area contributed by atoms with Crippen LogP contribution in [0.1, 0.15) is 47.0 Å². The van der Waals surface area contributed by atoms with Gasteiger partial charge in [-0.3, -0.25) is 0 Å². The van der Waals surface area contributed by atoms with Gasteiger partial charge in [0.2, 0.25) is 0 Å². The van der Waals surface area contributed by atoms with Gasteiger partial charge in [-0.05, 0) is 46.0 Å². The maximum Gasteiger partial charge on any atom is 0.410 e. The van der Waals surface area contributed by atoms with E-state index in [1.807, 2.05) is 20.8 Å². The number of likely N-dealkylation sites (tertiary alicyclic amines) is 1. The second-order valence-electron chi connectivity index (χ2n) is 6.60. The van der Waals surface area contributed by atoms with Crippen LogP contribution in [0.2, 0.25) is 0 Å². The van der Waals surface area contributed by atoms with E-state index < -0.39 is 5.60 Å². The van der Waals surface area contributed by atoms with Gasteiger partial charge < -0.3 is 15.0 Å². The van der Waals surface area contributed by atoms with Gasteiger partial charge in [-0.15, -0.1) is 0 Å². The number of carbonyl (C=O) groups excluding carboxylic acids is 1. The highest BCUT2D eigenvalue weighted by Gasteiger charge is 2.37. The van der Waals surface area contributed by atoms with E-state index in [1.54, 1.807) is 4.90 Å². The standard InChI is InChI=1S/C14H26N2O2/c1-5-12(10-6-7-10)15-11-8-16(9-11)13(17)18-14(2,3)4/h10-12,15H,5-9H2,1-4H3. The molecule has 1 N–H and O–H groups in total. The SMILES string of the molecule is CCC(NC1CN(C(=O)OC(C)(C)C)C1)C1CC1. The van der Waals surface area contributed by atoms with E-state index >= 15 is 0 Å². The molecule has 2 fully saturated rings. The molecule has 0 aromatic rings. The number of amides is 1. The van der Waals surface area contributed by atoms with Crippen LogP contribution in [0.3, 0.4) is 0 Å². The molecule has 2 aliphatic rings. The van der Waals surface area contributed by atoms with Crippen LogP contribution in [0.15, 0.2) is 0 Å². The van der Waals surface area contributed by atoms with Crippen LogP contribution in [0, 0.1) is 5.92 Å². The molecule has 0 spiro atoms. The summed E-state index contributed by atoms with van der Waals surface area (Å²) in [5.74, 6) is 0.880. The van der Waals surface area contributed by atoms with Gasteiger partial charge in [0.05, 0.1) is 0 Å². The van der Waals surface area contributed by atoms with E-state index in [0.717, 1.165) is 19.0 Å². The molecule has 2 rings (SSSR count). The molecular formula is C14H26N2O2. The van der Waals surface area contributed by atoms with Crippen molar-refractivity contribution >= 4 is 6.09 Å². The first-order chi connectivity index (χ1) is 8.39. The van der Waals surface area contributed by atoms with Crippen LogP contribution in [0.25, 0.3) is 0 Å². The molecule has 104 valence electrons. The molecule has 1 saturated heterocycles. The Morgan fingerprint density at radius 2 is 2.00 bits per heavy atom. The third-order valence-corrected chi connectivity index (χ3v) is 3.61. The molecule has 0 radical (unpaired) electrons. The van der Waals surface area contributed by atoms with Crippen molar-refractivity contribution in [1.82, 2.24) is 10.2 Å². The van der Waals surface area contributed by atoms with Gasteiger partial charge in [0.25, 0.3) is 0 Å². The van der Waals surface area contributed by atoms with Crippen LogP contribution in [-0.2, 0) is 4.74 Å². The molecular weight excluding hydrogens is 228 g/mol. The molecule has 1 saturated carbocycles. The van der Waals surface area contributed by atoms with E-state index in [4.69, 9.17) is 4.74 Å². The molecule has 1 aliphatic carbocycles. The van der Waals surface area contributed by atoms with E-state index in [2.05, 4.69) is 12.2 Å². The summed E-state index contributed by atoms with van der Waals surface area (Å²) in [6, 6.07) is 1.11. The Kier molecular flexibility index (Phi) is 3.85. The number of hydrogen-bond donors (Lipinski definition) is 1. The summed E-state index contributed by atoms with van der Waals surface area (Å²) in [4.78, 5) is 13.5. The minimum absolute atomic E-state index is 0.181. The maximum absolute atomic E-state index is 11.8. The smallest absolute Gasteiger partial charge is 0.410 e. The zero-order chi connectivity index (χ0) is 13.3. The Balaban J connectivity index is 1.68. The van der Waals surface area contributed by atoms with E-state index in [9.17, 15) is 4.79 Å². The Bertz CT molecular complexity index is 301. The lowest BCUT2D eigenvalue weighted by Gasteiger charge is -2.41. The molecule has 0 aromatic heterocycles. The normalized spacial score (nSPS) is 22.6. The third kappa shape index (κ3) is 3.61. The van der Waals surface area contributed by atoms with Gasteiger partial charge >= 0.3 is 6.09 Å². The first-order valence-corrected chi connectivity index (χ1v) is 7.13. The average molecular weight is 254 g/mol. The number of hydrogen-bond acceptors (Lipinski definition) is 3. The number of nitrogens with one attached hydrogen (secondary N) is 1.